The van der Waals surface area contributed by atoms with E-state index >= 15 is 0 Å². The minimum Gasteiger partial charge on any atom is -0.493 e. The van der Waals surface area contributed by atoms with E-state index in [2.05, 4.69) is 29.4 Å². The molecule has 0 bridgehead atoms. The van der Waals surface area contributed by atoms with Gasteiger partial charge in [0.25, 0.3) is 11.8 Å². The van der Waals surface area contributed by atoms with Gasteiger partial charge in [0.05, 0.1) is 26.5 Å². The number of aryl methyl sites for hydroxylation is 1. The largest absolute Gasteiger partial charge is 0.493 e. The second-order valence-corrected chi connectivity index (χ2v) is 6.91. The maximum Gasteiger partial charge on any atom is 0.263 e. The molecule has 2 aliphatic heterocycles. The van der Waals surface area contributed by atoms with E-state index in [9.17, 15) is 9.59 Å². The van der Waals surface area contributed by atoms with Crippen LogP contribution in [0.3, 0.4) is 0 Å². The number of methoxy groups -OCH3 is 2. The molecular weight excluding hydrogens is 372 g/mol. The van der Waals surface area contributed by atoms with E-state index in [1.807, 2.05) is 12.1 Å². The van der Waals surface area contributed by atoms with Gasteiger partial charge in [0.1, 0.15) is 0 Å². The van der Waals surface area contributed by atoms with Crippen molar-refractivity contribution in [3.63, 3.8) is 0 Å². The Labute approximate surface area is 168 Å². The van der Waals surface area contributed by atoms with E-state index in [0.29, 0.717) is 23.7 Å². The molecule has 150 valence electrons. The first-order valence-electron chi connectivity index (χ1n) is 9.42. The number of amides is 2. The van der Waals surface area contributed by atoms with Gasteiger partial charge in [-0.15, -0.1) is 0 Å². The van der Waals surface area contributed by atoms with Crippen molar-refractivity contribution in [1.29, 1.82) is 0 Å². The predicted molar refractivity (Wildman–Crippen MR) is 106 cm³/mol. The van der Waals surface area contributed by atoms with Crippen molar-refractivity contribution in [3.8, 4) is 11.5 Å². The third-order valence-corrected chi connectivity index (χ3v) is 5.26. The molecule has 0 aromatic heterocycles. The number of imide groups is 1. The molecule has 1 saturated heterocycles. The lowest BCUT2D eigenvalue weighted by Crippen LogP contribution is -2.39. The minimum absolute atomic E-state index is 0.345. The number of anilines is 1. The fraction of sp³-hybridized carbons (Fsp3) is 0.333. The third kappa shape index (κ3) is 3.20. The molecule has 2 amide bonds. The fourth-order valence-corrected chi connectivity index (χ4v) is 3.64. The summed E-state index contributed by atoms with van der Waals surface area (Å²) in [6, 6.07) is 11.5. The molecule has 2 aromatic carbocycles. The van der Waals surface area contributed by atoms with Gasteiger partial charge >= 0.3 is 0 Å². The van der Waals surface area contributed by atoms with Crippen LogP contribution < -0.4 is 14.4 Å². The number of benzene rings is 2. The summed E-state index contributed by atoms with van der Waals surface area (Å²) >= 11 is 0. The smallest absolute Gasteiger partial charge is 0.263 e. The first kappa shape index (κ1) is 18.9. The minimum atomic E-state index is -0.828. The third-order valence-electron chi connectivity index (χ3n) is 5.26. The van der Waals surface area contributed by atoms with Crippen molar-refractivity contribution >= 4 is 17.5 Å². The molecule has 2 aliphatic rings. The Hall–Kier alpha value is -3.42. The van der Waals surface area contributed by atoms with Crippen molar-refractivity contribution in [2.75, 3.05) is 19.1 Å². The molecule has 0 N–H and O–H groups in total. The van der Waals surface area contributed by atoms with Crippen LogP contribution in [0.25, 0.3) is 0 Å². The summed E-state index contributed by atoms with van der Waals surface area (Å²) in [6.07, 6.45) is 0.960. The van der Waals surface area contributed by atoms with Crippen LogP contribution in [-0.4, -0.2) is 43.1 Å². The molecule has 0 saturated carbocycles. The molecule has 4 rings (SSSR count). The molecule has 2 aromatic rings. The maximum absolute atomic E-state index is 13.1. The highest BCUT2D eigenvalue weighted by atomic mass is 16.5. The van der Waals surface area contributed by atoms with Gasteiger partial charge in [0.15, 0.2) is 23.6 Å². The average Bonchev–Trinajstić information content (AvgIpc) is 3.27. The Morgan fingerprint density at radius 2 is 1.62 bits per heavy atom. The summed E-state index contributed by atoms with van der Waals surface area (Å²) in [5.74, 6) is 0.228. The Kier molecular flexibility index (Phi) is 4.92. The van der Waals surface area contributed by atoms with Crippen LogP contribution in [0.1, 0.15) is 18.1 Å². The zero-order valence-electron chi connectivity index (χ0n) is 16.5. The highest BCUT2D eigenvalue weighted by molar-refractivity contribution is 6.25. The first-order chi connectivity index (χ1) is 14.1. The summed E-state index contributed by atoms with van der Waals surface area (Å²) in [6.45, 7) is 2.51. The summed E-state index contributed by atoms with van der Waals surface area (Å²) in [7, 11) is 3.03. The topological polar surface area (TPSA) is 83.8 Å². The zero-order chi connectivity index (χ0) is 20.5. The van der Waals surface area contributed by atoms with Gasteiger partial charge in [0.2, 0.25) is 0 Å². The number of hydrogen-bond donors (Lipinski definition) is 0. The number of ether oxygens (including phenoxy) is 2. The van der Waals surface area contributed by atoms with E-state index in [4.69, 9.17) is 9.47 Å². The highest BCUT2D eigenvalue weighted by Gasteiger charge is 2.54. The number of nitrogens with zero attached hydrogens (tertiary/aromatic N) is 4. The van der Waals surface area contributed by atoms with Crippen LogP contribution in [0.15, 0.2) is 52.8 Å². The molecular formula is C21H22N4O4. The van der Waals surface area contributed by atoms with Gasteiger partial charge in [-0.1, -0.05) is 36.4 Å². The van der Waals surface area contributed by atoms with Crippen molar-refractivity contribution in [3.05, 3.63) is 53.6 Å². The maximum atomic E-state index is 13.1. The molecule has 0 unspecified atom stereocenters. The van der Waals surface area contributed by atoms with Gasteiger partial charge < -0.3 is 9.47 Å². The Bertz CT molecular complexity index is 973. The Balaban J connectivity index is 1.58. The Morgan fingerprint density at radius 3 is 2.28 bits per heavy atom. The highest BCUT2D eigenvalue weighted by Crippen LogP contribution is 2.36. The van der Waals surface area contributed by atoms with Crippen molar-refractivity contribution in [1.82, 2.24) is 5.01 Å². The molecule has 2 atom stereocenters. The van der Waals surface area contributed by atoms with Gasteiger partial charge in [-0.25, -0.2) is 4.90 Å². The standard InChI is InChI=1S/C21H22N4O4/c1-4-13-5-7-14(8-6-13)12-24-19-18(22-23-24)20(26)25(21(19)27)15-9-10-16(28-2)17(11-15)29-3/h5-11,18-19H,4,12H2,1-3H3/t18-,19+/m0/s1. The fourth-order valence-electron chi connectivity index (χ4n) is 3.64. The lowest BCUT2D eigenvalue weighted by molar-refractivity contribution is -0.123. The average molecular weight is 394 g/mol. The quantitative estimate of drug-likeness (QED) is 0.704. The number of rotatable bonds is 6. The van der Waals surface area contributed by atoms with Crippen molar-refractivity contribution < 1.29 is 19.1 Å². The van der Waals surface area contributed by atoms with E-state index in [1.165, 1.54) is 19.8 Å². The summed E-state index contributed by atoms with van der Waals surface area (Å²) in [5.41, 5.74) is 2.67. The molecule has 29 heavy (non-hydrogen) atoms. The van der Waals surface area contributed by atoms with Crippen LogP contribution in [0, 0.1) is 0 Å². The van der Waals surface area contributed by atoms with Crippen molar-refractivity contribution in [2.45, 2.75) is 32.0 Å². The monoisotopic (exact) mass is 394 g/mol. The second kappa shape index (κ2) is 7.54. The van der Waals surface area contributed by atoms with Crippen LogP contribution >= 0.6 is 0 Å². The predicted octanol–water partition coefficient (Wildman–Crippen LogP) is 2.76. The van der Waals surface area contributed by atoms with Crippen LogP contribution in [0.4, 0.5) is 5.69 Å². The number of carbonyl (C=O) groups excluding carboxylic acids is 2. The van der Waals surface area contributed by atoms with E-state index in [0.717, 1.165) is 16.9 Å². The van der Waals surface area contributed by atoms with Crippen LogP contribution in [0.5, 0.6) is 11.5 Å². The Morgan fingerprint density at radius 1 is 0.931 bits per heavy atom. The van der Waals surface area contributed by atoms with Crippen LogP contribution in [0.2, 0.25) is 0 Å². The molecule has 1 fully saturated rings. The molecule has 2 heterocycles. The van der Waals surface area contributed by atoms with Gasteiger partial charge in [-0.2, -0.15) is 5.11 Å². The molecule has 8 nitrogen and oxygen atoms in total. The van der Waals surface area contributed by atoms with Gasteiger partial charge in [-0.05, 0) is 29.7 Å². The number of fused-ring (bicyclic) bond motifs is 1. The SMILES string of the molecule is CCc1ccc(CN2N=N[C@@H]3C(=O)N(c4ccc(OC)c(OC)c4)C(=O)[C@@H]32)cc1. The van der Waals surface area contributed by atoms with E-state index in [-0.39, 0.29) is 11.8 Å². The molecule has 8 heteroatoms. The van der Waals surface area contributed by atoms with E-state index < -0.39 is 12.1 Å². The number of carbonyl (C=O) groups is 2. The lowest BCUT2D eigenvalue weighted by atomic mass is 10.1. The lowest BCUT2D eigenvalue weighted by Gasteiger charge is -2.21. The van der Waals surface area contributed by atoms with Gasteiger partial charge in [-0.3, -0.25) is 14.6 Å². The first-order valence-corrected chi connectivity index (χ1v) is 9.42. The molecule has 0 aliphatic carbocycles. The van der Waals surface area contributed by atoms with Crippen LogP contribution in [-0.2, 0) is 22.6 Å². The molecule has 0 spiro atoms. The zero-order valence-corrected chi connectivity index (χ0v) is 16.5. The summed E-state index contributed by atoms with van der Waals surface area (Å²) in [4.78, 5) is 27.2. The molecule has 0 radical (unpaired) electrons. The summed E-state index contributed by atoms with van der Waals surface area (Å²) < 4.78 is 10.5. The normalized spacial score (nSPS) is 20.4. The number of hydrogen-bond acceptors (Lipinski definition) is 7. The van der Waals surface area contributed by atoms with E-state index in [1.54, 1.807) is 23.2 Å². The van der Waals surface area contributed by atoms with Gasteiger partial charge in [0, 0.05) is 6.07 Å². The second-order valence-electron chi connectivity index (χ2n) is 6.91. The summed E-state index contributed by atoms with van der Waals surface area (Å²) in [5, 5.41) is 9.76. The van der Waals surface area contributed by atoms with Crippen molar-refractivity contribution in [2.24, 2.45) is 10.3 Å².